The van der Waals surface area contributed by atoms with Crippen LogP contribution in [0.2, 0.25) is 0 Å². The Morgan fingerprint density at radius 2 is 1.88 bits per heavy atom. The lowest BCUT2D eigenvalue weighted by Gasteiger charge is -2.02. The summed E-state index contributed by atoms with van der Waals surface area (Å²) in [4.78, 5) is 17.3. The molecule has 24 heavy (non-hydrogen) atoms. The van der Waals surface area contributed by atoms with Crippen molar-refractivity contribution >= 4 is 23.3 Å². The molecule has 0 fully saturated rings. The summed E-state index contributed by atoms with van der Waals surface area (Å²) in [7, 11) is 0. The zero-order chi connectivity index (χ0) is 17.1. The molecule has 0 saturated heterocycles. The van der Waals surface area contributed by atoms with Gasteiger partial charge in [-0.2, -0.15) is 0 Å². The molecule has 0 bridgehead atoms. The van der Waals surface area contributed by atoms with E-state index in [-0.39, 0.29) is 18.3 Å². The summed E-state index contributed by atoms with van der Waals surface area (Å²) >= 11 is 1.49. The summed E-state index contributed by atoms with van der Waals surface area (Å²) in [5, 5.41) is 11.4. The van der Waals surface area contributed by atoms with Crippen molar-refractivity contribution in [1.82, 2.24) is 15.2 Å². The van der Waals surface area contributed by atoms with Crippen LogP contribution < -0.4 is 5.32 Å². The Hall–Kier alpha value is -2.54. The van der Waals surface area contributed by atoms with E-state index in [0.29, 0.717) is 5.89 Å². The van der Waals surface area contributed by atoms with Crippen LogP contribution in [0.15, 0.2) is 28.7 Å². The van der Waals surface area contributed by atoms with Crippen LogP contribution in [0.1, 0.15) is 28.8 Å². The van der Waals surface area contributed by atoms with Crippen molar-refractivity contribution in [3.8, 4) is 10.8 Å². The molecule has 0 unspecified atom stereocenters. The van der Waals surface area contributed by atoms with Crippen molar-refractivity contribution in [2.45, 2.75) is 33.6 Å². The molecule has 0 spiro atoms. The van der Waals surface area contributed by atoms with Crippen LogP contribution in [-0.4, -0.2) is 21.1 Å². The van der Waals surface area contributed by atoms with E-state index in [2.05, 4.69) is 27.4 Å². The first-order valence-corrected chi connectivity index (χ1v) is 8.52. The number of rotatable bonds is 5. The van der Waals surface area contributed by atoms with Gasteiger partial charge in [0.15, 0.2) is 0 Å². The van der Waals surface area contributed by atoms with Gasteiger partial charge in [0.1, 0.15) is 4.88 Å². The fraction of sp³-hybridized carbons (Fsp3) is 0.294. The third-order valence-corrected chi connectivity index (χ3v) is 4.63. The van der Waals surface area contributed by atoms with Crippen LogP contribution in [-0.2, 0) is 17.6 Å². The number of aromatic nitrogens is 3. The molecule has 0 aliphatic carbocycles. The van der Waals surface area contributed by atoms with Crippen LogP contribution >= 0.6 is 11.3 Å². The maximum absolute atomic E-state index is 12.1. The summed E-state index contributed by atoms with van der Waals surface area (Å²) < 4.78 is 5.52. The van der Waals surface area contributed by atoms with Gasteiger partial charge >= 0.3 is 6.01 Å². The van der Waals surface area contributed by atoms with Crippen LogP contribution in [0.25, 0.3) is 10.8 Å². The number of carbonyl (C=O) groups is 1. The molecule has 0 saturated carbocycles. The first-order chi connectivity index (χ1) is 11.5. The number of aryl methyl sites for hydroxylation is 3. The standard InChI is InChI=1S/C17H18N4O2S/c1-4-12-5-7-13(8-6-12)9-14(22)19-17-21-20-16(23-17)15-10(2)18-11(3)24-15/h5-8H,4,9H2,1-3H3,(H,19,21,22). The van der Waals surface area contributed by atoms with Crippen LogP contribution in [0.4, 0.5) is 6.01 Å². The predicted molar refractivity (Wildman–Crippen MR) is 93.0 cm³/mol. The topological polar surface area (TPSA) is 80.9 Å². The van der Waals surface area contributed by atoms with E-state index in [9.17, 15) is 4.79 Å². The molecular weight excluding hydrogens is 324 g/mol. The predicted octanol–water partition coefficient (Wildman–Crippen LogP) is 3.55. The maximum Gasteiger partial charge on any atom is 0.322 e. The summed E-state index contributed by atoms with van der Waals surface area (Å²) in [5.41, 5.74) is 3.03. The monoisotopic (exact) mass is 342 g/mol. The number of hydrogen-bond acceptors (Lipinski definition) is 6. The minimum atomic E-state index is -0.188. The molecule has 7 heteroatoms. The van der Waals surface area contributed by atoms with Gasteiger partial charge in [-0.1, -0.05) is 36.3 Å². The second kappa shape index (κ2) is 6.92. The average molecular weight is 342 g/mol. The van der Waals surface area contributed by atoms with Gasteiger partial charge in [-0.15, -0.1) is 16.4 Å². The van der Waals surface area contributed by atoms with Crippen LogP contribution in [0, 0.1) is 13.8 Å². The molecule has 0 aliphatic heterocycles. The number of nitrogens with zero attached hydrogens (tertiary/aromatic N) is 3. The third kappa shape index (κ3) is 3.68. The van der Waals surface area contributed by atoms with E-state index >= 15 is 0 Å². The van der Waals surface area contributed by atoms with Gasteiger partial charge < -0.3 is 4.42 Å². The highest BCUT2D eigenvalue weighted by Gasteiger charge is 2.16. The number of amides is 1. The fourth-order valence-corrected chi connectivity index (χ4v) is 3.18. The van der Waals surface area contributed by atoms with Crippen molar-refractivity contribution in [2.24, 2.45) is 0 Å². The number of anilines is 1. The molecule has 124 valence electrons. The third-order valence-electron chi connectivity index (χ3n) is 3.57. The highest BCUT2D eigenvalue weighted by atomic mass is 32.1. The SMILES string of the molecule is CCc1ccc(CC(=O)Nc2nnc(-c3sc(C)nc3C)o2)cc1. The van der Waals surface area contributed by atoms with E-state index in [4.69, 9.17) is 4.42 Å². The Labute approximate surface area is 144 Å². The quantitative estimate of drug-likeness (QED) is 0.767. The molecule has 3 rings (SSSR count). The van der Waals surface area contributed by atoms with Crippen molar-refractivity contribution in [2.75, 3.05) is 5.32 Å². The van der Waals surface area contributed by atoms with E-state index < -0.39 is 0 Å². The Morgan fingerprint density at radius 3 is 2.50 bits per heavy atom. The van der Waals surface area contributed by atoms with Gasteiger partial charge in [0.05, 0.1) is 17.1 Å². The van der Waals surface area contributed by atoms with Gasteiger partial charge in [0, 0.05) is 0 Å². The van der Waals surface area contributed by atoms with Crippen molar-refractivity contribution < 1.29 is 9.21 Å². The molecule has 3 aromatic rings. The summed E-state index contributed by atoms with van der Waals surface area (Å²) in [5.74, 6) is 0.187. The van der Waals surface area contributed by atoms with E-state index in [1.807, 2.05) is 38.1 Å². The molecular formula is C17H18N4O2S. The van der Waals surface area contributed by atoms with Crippen LogP contribution in [0.3, 0.4) is 0 Å². The zero-order valence-electron chi connectivity index (χ0n) is 13.8. The highest BCUT2D eigenvalue weighted by molar-refractivity contribution is 7.15. The van der Waals surface area contributed by atoms with E-state index in [0.717, 1.165) is 27.6 Å². The molecule has 0 radical (unpaired) electrons. The van der Waals surface area contributed by atoms with E-state index in [1.165, 1.54) is 16.9 Å². The average Bonchev–Trinajstić information content (AvgIpc) is 3.14. The number of carbonyl (C=O) groups excluding carboxylic acids is 1. The smallest absolute Gasteiger partial charge is 0.322 e. The zero-order valence-corrected chi connectivity index (χ0v) is 14.6. The molecule has 1 aromatic carbocycles. The molecule has 0 aliphatic rings. The Balaban J connectivity index is 1.65. The fourth-order valence-electron chi connectivity index (χ4n) is 2.34. The van der Waals surface area contributed by atoms with Crippen molar-refractivity contribution in [1.29, 1.82) is 0 Å². The molecule has 2 heterocycles. The van der Waals surface area contributed by atoms with E-state index in [1.54, 1.807) is 0 Å². The molecule has 0 atom stereocenters. The summed E-state index contributed by atoms with van der Waals surface area (Å²) in [6.07, 6.45) is 1.24. The van der Waals surface area contributed by atoms with Crippen LogP contribution in [0.5, 0.6) is 0 Å². The first kappa shape index (κ1) is 16.3. The van der Waals surface area contributed by atoms with Gasteiger partial charge in [0.25, 0.3) is 5.89 Å². The number of benzene rings is 1. The minimum Gasteiger partial charge on any atom is -0.402 e. The number of thiazole rings is 1. The van der Waals surface area contributed by atoms with Gasteiger partial charge in [0.2, 0.25) is 5.91 Å². The van der Waals surface area contributed by atoms with Gasteiger partial charge in [-0.25, -0.2) is 4.98 Å². The number of nitrogens with one attached hydrogen (secondary N) is 1. The lowest BCUT2D eigenvalue weighted by atomic mass is 10.1. The normalized spacial score (nSPS) is 10.8. The largest absolute Gasteiger partial charge is 0.402 e. The molecule has 1 amide bonds. The first-order valence-electron chi connectivity index (χ1n) is 7.70. The second-order valence-electron chi connectivity index (χ2n) is 5.45. The molecule has 2 aromatic heterocycles. The molecule has 6 nitrogen and oxygen atoms in total. The number of hydrogen-bond donors (Lipinski definition) is 1. The minimum absolute atomic E-state index is 0.102. The summed E-state index contributed by atoms with van der Waals surface area (Å²) in [6.45, 7) is 5.91. The molecule has 1 N–H and O–H groups in total. The Bertz CT molecular complexity index is 852. The van der Waals surface area contributed by atoms with Crippen molar-refractivity contribution in [3.05, 3.63) is 46.1 Å². The van der Waals surface area contributed by atoms with Gasteiger partial charge in [-0.05, 0) is 31.4 Å². The maximum atomic E-state index is 12.1. The Kier molecular flexibility index (Phi) is 4.71. The Morgan fingerprint density at radius 1 is 1.17 bits per heavy atom. The summed E-state index contributed by atoms with van der Waals surface area (Å²) in [6, 6.07) is 8.08. The lowest BCUT2D eigenvalue weighted by molar-refractivity contribution is -0.115. The highest BCUT2D eigenvalue weighted by Crippen LogP contribution is 2.29. The van der Waals surface area contributed by atoms with Gasteiger partial charge in [-0.3, -0.25) is 10.1 Å². The lowest BCUT2D eigenvalue weighted by Crippen LogP contribution is -2.14. The van der Waals surface area contributed by atoms with Crippen molar-refractivity contribution in [3.63, 3.8) is 0 Å². The second-order valence-corrected chi connectivity index (χ2v) is 6.66.